The summed E-state index contributed by atoms with van der Waals surface area (Å²) in [7, 11) is 0. The predicted octanol–water partition coefficient (Wildman–Crippen LogP) is 1.48. The molecule has 0 unspecified atom stereocenters. The average Bonchev–Trinajstić information content (AvgIpc) is 2.86. The number of hydrogen-bond donors (Lipinski definition) is 4. The summed E-state index contributed by atoms with van der Waals surface area (Å²) >= 11 is 1.60. The van der Waals surface area contributed by atoms with E-state index in [1.165, 1.54) is 4.88 Å². The lowest BCUT2D eigenvalue weighted by atomic mass is 10.3. The van der Waals surface area contributed by atoms with Gasteiger partial charge in [-0.2, -0.15) is 4.98 Å². The van der Waals surface area contributed by atoms with Crippen LogP contribution in [0.1, 0.15) is 25.6 Å². The lowest BCUT2D eigenvalue weighted by molar-refractivity contribution is -0.119. The third-order valence-corrected chi connectivity index (χ3v) is 3.96. The van der Waals surface area contributed by atoms with Crippen molar-refractivity contribution in [2.75, 3.05) is 17.3 Å². The summed E-state index contributed by atoms with van der Waals surface area (Å²) in [6, 6.07) is 2.15. The summed E-state index contributed by atoms with van der Waals surface area (Å²) in [6.45, 7) is 6.09. The highest BCUT2D eigenvalue weighted by atomic mass is 32.1. The Kier molecular flexibility index (Phi) is 4.92. The van der Waals surface area contributed by atoms with Gasteiger partial charge in [-0.05, 0) is 26.3 Å². The van der Waals surface area contributed by atoms with Crippen LogP contribution in [0.5, 0.6) is 0 Å². The Labute approximate surface area is 127 Å². The number of nitrogens with two attached hydrogens (primary N) is 1. The maximum atomic E-state index is 11.7. The van der Waals surface area contributed by atoms with E-state index in [-0.39, 0.29) is 18.5 Å². The molecule has 5 N–H and O–H groups in total. The van der Waals surface area contributed by atoms with Crippen LogP contribution >= 0.6 is 11.3 Å². The van der Waals surface area contributed by atoms with E-state index in [2.05, 4.69) is 33.0 Å². The van der Waals surface area contributed by atoms with Gasteiger partial charge in [-0.25, -0.2) is 10.8 Å². The summed E-state index contributed by atoms with van der Waals surface area (Å²) in [4.78, 5) is 22.4. The van der Waals surface area contributed by atoms with Crippen LogP contribution in [0, 0.1) is 0 Å². The molecule has 0 saturated heterocycles. The molecule has 2 aromatic heterocycles. The Morgan fingerprint density at radius 2 is 2.19 bits per heavy atom. The Balaban J connectivity index is 2.24. The minimum absolute atomic E-state index is 0.0787. The van der Waals surface area contributed by atoms with Gasteiger partial charge in [-0.3, -0.25) is 10.2 Å². The van der Waals surface area contributed by atoms with E-state index in [9.17, 15) is 4.79 Å². The third kappa shape index (κ3) is 3.79. The largest absolute Gasteiger partial charge is 0.360 e. The van der Waals surface area contributed by atoms with E-state index in [1.54, 1.807) is 11.3 Å². The van der Waals surface area contributed by atoms with Gasteiger partial charge in [0.25, 0.3) is 0 Å². The van der Waals surface area contributed by atoms with Gasteiger partial charge < -0.3 is 10.6 Å². The molecule has 2 heterocycles. The molecule has 0 saturated carbocycles. The minimum Gasteiger partial charge on any atom is -0.360 e. The second kappa shape index (κ2) is 6.68. The molecule has 8 heteroatoms. The maximum absolute atomic E-state index is 11.7. The number of thiophene rings is 1. The number of aryl methyl sites for hydroxylation is 1. The van der Waals surface area contributed by atoms with Crippen LogP contribution in [0.25, 0.3) is 10.2 Å². The van der Waals surface area contributed by atoms with Crippen molar-refractivity contribution in [3.63, 3.8) is 0 Å². The normalized spacial score (nSPS) is 10.9. The SMILES string of the molecule is CCc1cc2c(NCC(=O)NC(C)C)nc(NN)nc2s1. The first-order valence-electron chi connectivity index (χ1n) is 6.83. The predicted molar refractivity (Wildman–Crippen MR) is 86.4 cm³/mol. The highest BCUT2D eigenvalue weighted by Crippen LogP contribution is 2.30. The second-order valence-corrected chi connectivity index (χ2v) is 6.02. The number of carbonyl (C=O) groups is 1. The minimum atomic E-state index is -0.0787. The van der Waals surface area contributed by atoms with Gasteiger partial charge in [-0.15, -0.1) is 11.3 Å². The van der Waals surface area contributed by atoms with Crippen LogP contribution in [0.4, 0.5) is 11.8 Å². The van der Waals surface area contributed by atoms with E-state index in [1.807, 2.05) is 19.9 Å². The van der Waals surface area contributed by atoms with Crippen LogP contribution in [-0.2, 0) is 11.2 Å². The number of nitrogens with zero attached hydrogens (tertiary/aromatic N) is 2. The zero-order valence-corrected chi connectivity index (χ0v) is 13.2. The zero-order chi connectivity index (χ0) is 15.4. The van der Waals surface area contributed by atoms with Crippen molar-refractivity contribution in [3.8, 4) is 0 Å². The van der Waals surface area contributed by atoms with Crippen LogP contribution in [0.15, 0.2) is 6.07 Å². The molecular weight excluding hydrogens is 288 g/mol. The summed E-state index contributed by atoms with van der Waals surface area (Å²) < 4.78 is 0. The first-order chi connectivity index (χ1) is 10.0. The molecule has 1 amide bonds. The topological polar surface area (TPSA) is 105 Å². The molecule has 0 atom stereocenters. The Hall–Kier alpha value is -1.93. The van der Waals surface area contributed by atoms with Crippen molar-refractivity contribution in [2.24, 2.45) is 5.84 Å². The average molecular weight is 308 g/mol. The van der Waals surface area contributed by atoms with Crippen LogP contribution < -0.4 is 21.9 Å². The molecular formula is C13H20N6OS. The first kappa shape index (κ1) is 15.5. The highest BCUT2D eigenvalue weighted by Gasteiger charge is 2.12. The van der Waals surface area contributed by atoms with Crippen molar-refractivity contribution in [2.45, 2.75) is 33.2 Å². The van der Waals surface area contributed by atoms with Gasteiger partial charge in [0.05, 0.1) is 11.9 Å². The molecule has 21 heavy (non-hydrogen) atoms. The number of fused-ring (bicyclic) bond motifs is 1. The molecule has 0 aliphatic heterocycles. The summed E-state index contributed by atoms with van der Waals surface area (Å²) in [6.07, 6.45) is 0.930. The van der Waals surface area contributed by atoms with E-state index in [4.69, 9.17) is 5.84 Å². The van der Waals surface area contributed by atoms with Gasteiger partial charge in [-0.1, -0.05) is 6.92 Å². The van der Waals surface area contributed by atoms with E-state index < -0.39 is 0 Å². The molecule has 0 aromatic carbocycles. The fourth-order valence-corrected chi connectivity index (χ4v) is 2.85. The maximum Gasteiger partial charge on any atom is 0.240 e. The number of amides is 1. The Morgan fingerprint density at radius 1 is 1.43 bits per heavy atom. The standard InChI is InChI=1S/C13H20N6OS/c1-4-8-5-9-11(15-6-10(20)16-7(2)3)17-13(19-14)18-12(9)21-8/h5,7H,4,6,14H2,1-3H3,(H,16,20)(H2,15,17,18,19). The van der Waals surface area contributed by atoms with Crippen molar-refractivity contribution in [3.05, 3.63) is 10.9 Å². The van der Waals surface area contributed by atoms with Crippen LogP contribution in [-0.4, -0.2) is 28.5 Å². The second-order valence-electron chi connectivity index (χ2n) is 4.90. The fraction of sp³-hybridized carbons (Fsp3) is 0.462. The Morgan fingerprint density at radius 3 is 2.81 bits per heavy atom. The van der Waals surface area contributed by atoms with Crippen molar-refractivity contribution in [1.29, 1.82) is 0 Å². The first-order valence-corrected chi connectivity index (χ1v) is 7.65. The van der Waals surface area contributed by atoms with Gasteiger partial charge >= 0.3 is 0 Å². The smallest absolute Gasteiger partial charge is 0.240 e. The van der Waals surface area contributed by atoms with Gasteiger partial charge in [0.2, 0.25) is 11.9 Å². The number of carbonyl (C=O) groups excluding carboxylic acids is 1. The van der Waals surface area contributed by atoms with Gasteiger partial charge in [0.15, 0.2) is 0 Å². The number of hydrogen-bond acceptors (Lipinski definition) is 7. The van der Waals surface area contributed by atoms with E-state index in [0.717, 1.165) is 16.6 Å². The summed E-state index contributed by atoms with van der Waals surface area (Å²) in [5, 5.41) is 6.79. The number of anilines is 2. The summed E-state index contributed by atoms with van der Waals surface area (Å²) in [5.41, 5.74) is 2.45. The molecule has 114 valence electrons. The number of hydrazine groups is 1. The number of nitrogen functional groups attached to an aromatic ring is 1. The monoisotopic (exact) mass is 308 g/mol. The molecule has 0 fully saturated rings. The van der Waals surface area contributed by atoms with E-state index >= 15 is 0 Å². The van der Waals surface area contributed by atoms with Crippen molar-refractivity contribution < 1.29 is 4.79 Å². The Bertz CT molecular complexity index is 639. The molecule has 0 aliphatic rings. The van der Waals surface area contributed by atoms with Crippen LogP contribution in [0.2, 0.25) is 0 Å². The summed E-state index contributed by atoms with van der Waals surface area (Å²) in [5.74, 6) is 6.26. The molecule has 0 bridgehead atoms. The molecule has 7 nitrogen and oxygen atoms in total. The molecule has 2 rings (SSSR count). The number of rotatable bonds is 6. The zero-order valence-electron chi connectivity index (χ0n) is 12.4. The fourth-order valence-electron chi connectivity index (χ4n) is 1.88. The molecule has 0 radical (unpaired) electrons. The van der Waals surface area contributed by atoms with Crippen LogP contribution in [0.3, 0.4) is 0 Å². The number of aromatic nitrogens is 2. The molecule has 2 aromatic rings. The van der Waals surface area contributed by atoms with Gasteiger partial charge in [0.1, 0.15) is 10.6 Å². The van der Waals surface area contributed by atoms with Gasteiger partial charge in [0, 0.05) is 10.9 Å². The molecule has 0 spiro atoms. The molecule has 0 aliphatic carbocycles. The third-order valence-electron chi connectivity index (χ3n) is 2.79. The number of nitrogens with one attached hydrogen (secondary N) is 3. The lowest BCUT2D eigenvalue weighted by Gasteiger charge is -2.10. The quantitative estimate of drug-likeness (QED) is 0.476. The highest BCUT2D eigenvalue weighted by molar-refractivity contribution is 7.18. The van der Waals surface area contributed by atoms with Crippen molar-refractivity contribution >= 4 is 39.2 Å². The van der Waals surface area contributed by atoms with E-state index in [0.29, 0.717) is 11.8 Å². The van der Waals surface area contributed by atoms with Crippen molar-refractivity contribution in [1.82, 2.24) is 15.3 Å². The lowest BCUT2D eigenvalue weighted by Crippen LogP contribution is -2.35.